The van der Waals surface area contributed by atoms with Gasteiger partial charge < -0.3 is 5.32 Å². The van der Waals surface area contributed by atoms with Crippen molar-refractivity contribution in [1.29, 1.82) is 0 Å². The van der Waals surface area contributed by atoms with Gasteiger partial charge in [-0.05, 0) is 44.9 Å². The van der Waals surface area contributed by atoms with E-state index in [0.717, 1.165) is 10.0 Å². The molecule has 1 N–H and O–H groups in total. The molecule has 0 aliphatic carbocycles. The summed E-state index contributed by atoms with van der Waals surface area (Å²) in [5.41, 5.74) is 0.788. The Morgan fingerprint density at radius 2 is 2.00 bits per heavy atom. The molecule has 2 fully saturated rings. The largest absolute Gasteiger partial charge is 0.311 e. The Morgan fingerprint density at radius 1 is 1.32 bits per heavy atom. The molecule has 3 rings (SSSR count). The quantitative estimate of drug-likeness (QED) is 0.916. The average molecular weight is 327 g/mol. The van der Waals surface area contributed by atoms with Crippen molar-refractivity contribution in [1.82, 2.24) is 10.2 Å². The lowest BCUT2D eigenvalue weighted by Crippen LogP contribution is -2.46. The summed E-state index contributed by atoms with van der Waals surface area (Å²) in [6.45, 7) is 0.698. The summed E-state index contributed by atoms with van der Waals surface area (Å²) >= 11 is 3.30. The molecule has 2 nitrogen and oxygen atoms in total. The van der Waals surface area contributed by atoms with E-state index in [4.69, 9.17) is 0 Å². The molecule has 2 atom stereocenters. The first-order valence-electron chi connectivity index (χ1n) is 7.02. The van der Waals surface area contributed by atoms with Crippen LogP contribution in [-0.2, 0) is 6.54 Å². The van der Waals surface area contributed by atoms with Crippen LogP contribution in [0.1, 0.15) is 31.2 Å². The maximum Gasteiger partial charge on any atom is 0.128 e. The second-order valence-electron chi connectivity index (χ2n) is 5.91. The molecule has 2 bridgehead atoms. The summed E-state index contributed by atoms with van der Waals surface area (Å²) in [5.74, 6) is -0.113. The molecular formula is C15H20BrFN2. The molecule has 2 saturated heterocycles. The Hall–Kier alpha value is -0.450. The number of halogens is 2. The summed E-state index contributed by atoms with van der Waals surface area (Å²) in [4.78, 5) is 2.32. The highest BCUT2D eigenvalue weighted by atomic mass is 79.9. The third-order valence-corrected chi connectivity index (χ3v) is 5.00. The van der Waals surface area contributed by atoms with Crippen LogP contribution >= 0.6 is 15.9 Å². The fraction of sp³-hybridized carbons (Fsp3) is 0.600. The van der Waals surface area contributed by atoms with Crippen molar-refractivity contribution >= 4 is 15.9 Å². The van der Waals surface area contributed by atoms with E-state index in [2.05, 4.69) is 33.2 Å². The Balaban J connectivity index is 1.66. The van der Waals surface area contributed by atoms with E-state index in [-0.39, 0.29) is 5.82 Å². The van der Waals surface area contributed by atoms with Crippen LogP contribution in [0.2, 0.25) is 0 Å². The predicted molar refractivity (Wildman–Crippen MR) is 78.5 cm³/mol. The lowest BCUT2D eigenvalue weighted by Gasteiger charge is -2.35. The summed E-state index contributed by atoms with van der Waals surface area (Å²) < 4.78 is 14.7. The summed E-state index contributed by atoms with van der Waals surface area (Å²) in [6, 6.07) is 7.29. The van der Waals surface area contributed by atoms with Crippen molar-refractivity contribution in [2.75, 3.05) is 7.05 Å². The van der Waals surface area contributed by atoms with Crippen LogP contribution in [-0.4, -0.2) is 30.1 Å². The molecule has 0 spiro atoms. The zero-order chi connectivity index (χ0) is 13.4. The average Bonchev–Trinajstić information content (AvgIpc) is 2.71. The van der Waals surface area contributed by atoms with E-state index >= 15 is 0 Å². The lowest BCUT2D eigenvalue weighted by molar-refractivity contribution is 0.164. The predicted octanol–water partition coefficient (Wildman–Crippen LogP) is 3.30. The summed E-state index contributed by atoms with van der Waals surface area (Å²) in [5, 5.41) is 3.65. The first-order valence-corrected chi connectivity index (χ1v) is 7.81. The molecule has 0 saturated carbocycles. The van der Waals surface area contributed by atoms with Gasteiger partial charge in [-0.25, -0.2) is 4.39 Å². The zero-order valence-electron chi connectivity index (χ0n) is 11.2. The smallest absolute Gasteiger partial charge is 0.128 e. The standard InChI is InChI=1S/C15H20BrFN2/c1-19(9-10-2-3-11(16)6-15(10)17)14-7-12-4-5-13(8-14)18-12/h2-3,6,12-14,18H,4-5,7-9H2,1H3. The van der Waals surface area contributed by atoms with Crippen LogP contribution in [0, 0.1) is 5.82 Å². The number of piperidine rings is 1. The van der Waals surface area contributed by atoms with E-state index in [9.17, 15) is 4.39 Å². The van der Waals surface area contributed by atoms with Gasteiger partial charge in [-0.15, -0.1) is 0 Å². The lowest BCUT2D eigenvalue weighted by atomic mass is 9.98. The van der Waals surface area contributed by atoms with Gasteiger partial charge in [-0.1, -0.05) is 22.0 Å². The van der Waals surface area contributed by atoms with Gasteiger partial charge in [-0.3, -0.25) is 4.90 Å². The molecule has 4 heteroatoms. The van der Waals surface area contributed by atoms with Crippen LogP contribution in [0.25, 0.3) is 0 Å². The van der Waals surface area contributed by atoms with Crippen molar-refractivity contribution in [2.24, 2.45) is 0 Å². The molecule has 1 aromatic carbocycles. The molecule has 0 radical (unpaired) electrons. The third-order valence-electron chi connectivity index (χ3n) is 4.51. The highest BCUT2D eigenvalue weighted by Crippen LogP contribution is 2.30. The van der Waals surface area contributed by atoms with Gasteiger partial charge in [0.1, 0.15) is 5.82 Å². The van der Waals surface area contributed by atoms with Crippen molar-refractivity contribution in [3.8, 4) is 0 Å². The highest BCUT2D eigenvalue weighted by Gasteiger charge is 2.35. The summed E-state index contributed by atoms with van der Waals surface area (Å²) in [6.07, 6.45) is 5.01. The fourth-order valence-corrected chi connectivity index (χ4v) is 3.77. The molecular weight excluding hydrogens is 307 g/mol. The van der Waals surface area contributed by atoms with Gasteiger partial charge >= 0.3 is 0 Å². The third kappa shape index (κ3) is 3.01. The van der Waals surface area contributed by atoms with Crippen molar-refractivity contribution in [3.05, 3.63) is 34.1 Å². The molecule has 0 aromatic heterocycles. The van der Waals surface area contributed by atoms with Crippen molar-refractivity contribution < 1.29 is 4.39 Å². The van der Waals surface area contributed by atoms with Crippen LogP contribution in [0.5, 0.6) is 0 Å². The number of nitrogens with one attached hydrogen (secondary N) is 1. The second kappa shape index (κ2) is 5.51. The van der Waals surface area contributed by atoms with E-state index in [1.165, 1.54) is 25.7 Å². The van der Waals surface area contributed by atoms with E-state index in [1.54, 1.807) is 6.07 Å². The maximum absolute atomic E-state index is 13.9. The van der Waals surface area contributed by atoms with Crippen molar-refractivity contribution in [2.45, 2.75) is 50.4 Å². The van der Waals surface area contributed by atoms with Crippen LogP contribution in [0.3, 0.4) is 0 Å². The van der Waals surface area contributed by atoms with Gasteiger partial charge in [0.25, 0.3) is 0 Å². The Kier molecular flexibility index (Phi) is 3.92. The van der Waals surface area contributed by atoms with Gasteiger partial charge in [-0.2, -0.15) is 0 Å². The molecule has 2 heterocycles. The molecule has 2 unspecified atom stereocenters. The normalized spacial score (nSPS) is 30.0. The molecule has 19 heavy (non-hydrogen) atoms. The number of rotatable bonds is 3. The maximum atomic E-state index is 13.9. The van der Waals surface area contributed by atoms with Gasteiger partial charge in [0.05, 0.1) is 0 Å². The van der Waals surface area contributed by atoms with Crippen LogP contribution < -0.4 is 5.32 Å². The van der Waals surface area contributed by atoms with Gasteiger partial charge in [0.2, 0.25) is 0 Å². The molecule has 2 aliphatic heterocycles. The Bertz CT molecular complexity index is 453. The highest BCUT2D eigenvalue weighted by molar-refractivity contribution is 9.10. The number of hydrogen-bond donors (Lipinski definition) is 1. The molecule has 0 amide bonds. The monoisotopic (exact) mass is 326 g/mol. The zero-order valence-corrected chi connectivity index (χ0v) is 12.8. The SMILES string of the molecule is CN(Cc1ccc(Br)cc1F)C1CC2CCC(C1)N2. The van der Waals surface area contributed by atoms with E-state index in [1.807, 2.05) is 12.1 Å². The van der Waals surface area contributed by atoms with E-state index < -0.39 is 0 Å². The first-order chi connectivity index (χ1) is 9.11. The minimum Gasteiger partial charge on any atom is -0.311 e. The van der Waals surface area contributed by atoms with Gasteiger partial charge in [0, 0.05) is 34.7 Å². The minimum absolute atomic E-state index is 0.113. The molecule has 104 valence electrons. The Morgan fingerprint density at radius 3 is 2.63 bits per heavy atom. The number of nitrogens with zero attached hydrogens (tertiary/aromatic N) is 1. The second-order valence-corrected chi connectivity index (χ2v) is 6.83. The number of hydrogen-bond acceptors (Lipinski definition) is 2. The Labute approximate surface area is 122 Å². The molecule has 1 aromatic rings. The number of fused-ring (bicyclic) bond motifs is 2. The van der Waals surface area contributed by atoms with Crippen molar-refractivity contribution in [3.63, 3.8) is 0 Å². The molecule has 2 aliphatic rings. The number of benzene rings is 1. The topological polar surface area (TPSA) is 15.3 Å². The van der Waals surface area contributed by atoms with E-state index in [0.29, 0.717) is 24.7 Å². The summed E-state index contributed by atoms with van der Waals surface area (Å²) in [7, 11) is 2.12. The van der Waals surface area contributed by atoms with Gasteiger partial charge in [0.15, 0.2) is 0 Å². The van der Waals surface area contributed by atoms with Crippen LogP contribution in [0.4, 0.5) is 4.39 Å². The fourth-order valence-electron chi connectivity index (χ4n) is 3.43. The minimum atomic E-state index is -0.113. The first kappa shape index (κ1) is 13.5. The van der Waals surface area contributed by atoms with Crippen LogP contribution in [0.15, 0.2) is 22.7 Å².